The minimum absolute atomic E-state index is 0.532. The fourth-order valence-corrected chi connectivity index (χ4v) is 2.23. The van der Waals surface area contributed by atoms with Crippen molar-refractivity contribution in [2.45, 2.75) is 18.9 Å². The van der Waals surface area contributed by atoms with Gasteiger partial charge in [0.1, 0.15) is 11.9 Å². The maximum Gasteiger partial charge on any atom is 0.326 e. The molecule has 1 aliphatic heterocycles. The molecule has 2 aromatic rings. The first-order valence-corrected chi connectivity index (χ1v) is 5.49. The molecule has 0 amide bonds. The Balaban J connectivity index is 2.12. The molecule has 17 heavy (non-hydrogen) atoms. The second-order valence-corrected chi connectivity index (χ2v) is 4.07. The van der Waals surface area contributed by atoms with Gasteiger partial charge in [0.15, 0.2) is 5.82 Å². The van der Waals surface area contributed by atoms with Gasteiger partial charge >= 0.3 is 5.97 Å². The number of carbonyl (C=O) groups is 1. The summed E-state index contributed by atoms with van der Waals surface area (Å²) in [7, 11) is 0. The lowest BCUT2D eigenvalue weighted by Gasteiger charge is -2.10. The Labute approximate surface area is 97.7 Å². The van der Waals surface area contributed by atoms with Crippen LogP contribution in [-0.2, 0) is 11.2 Å². The summed E-state index contributed by atoms with van der Waals surface area (Å²) in [4.78, 5) is 11.2. The van der Waals surface area contributed by atoms with Gasteiger partial charge in [0.05, 0.1) is 0 Å². The highest BCUT2D eigenvalue weighted by atomic mass is 16.4. The van der Waals surface area contributed by atoms with E-state index >= 15 is 0 Å². The highest BCUT2D eigenvalue weighted by Gasteiger charge is 2.32. The van der Waals surface area contributed by atoms with E-state index in [4.69, 9.17) is 0 Å². The molecular weight excluding hydrogens is 218 g/mol. The van der Waals surface area contributed by atoms with Gasteiger partial charge in [-0.2, -0.15) is 0 Å². The van der Waals surface area contributed by atoms with Crippen molar-refractivity contribution in [3.05, 3.63) is 36.2 Å². The molecule has 0 spiro atoms. The third-order valence-corrected chi connectivity index (χ3v) is 3.04. The van der Waals surface area contributed by atoms with Crippen LogP contribution in [0.15, 0.2) is 30.3 Å². The molecule has 1 aromatic carbocycles. The Morgan fingerprint density at radius 1 is 1.29 bits per heavy atom. The molecule has 0 fully saturated rings. The number of aromatic nitrogens is 3. The third kappa shape index (κ3) is 1.51. The van der Waals surface area contributed by atoms with E-state index in [9.17, 15) is 9.90 Å². The minimum atomic E-state index is -0.819. The van der Waals surface area contributed by atoms with Crippen molar-refractivity contribution in [3.63, 3.8) is 0 Å². The summed E-state index contributed by atoms with van der Waals surface area (Å²) < 4.78 is 1.73. The van der Waals surface area contributed by atoms with Crippen LogP contribution >= 0.6 is 0 Å². The number of aryl methyl sites for hydroxylation is 1. The predicted octanol–water partition coefficient (Wildman–Crippen LogP) is 1.52. The van der Waals surface area contributed by atoms with E-state index in [-0.39, 0.29) is 0 Å². The van der Waals surface area contributed by atoms with Gasteiger partial charge in [-0.05, 0) is 6.42 Å². The number of aliphatic carboxylic acids is 1. The second-order valence-electron chi connectivity index (χ2n) is 4.07. The number of fused-ring (bicyclic) bond motifs is 1. The van der Waals surface area contributed by atoms with E-state index < -0.39 is 12.0 Å². The minimum Gasteiger partial charge on any atom is -0.480 e. The summed E-state index contributed by atoms with van der Waals surface area (Å²) in [5.74, 6) is 0.586. The van der Waals surface area contributed by atoms with E-state index in [1.165, 1.54) is 0 Å². The summed E-state index contributed by atoms with van der Waals surface area (Å²) in [6.07, 6.45) is 1.27. The lowest BCUT2D eigenvalue weighted by Crippen LogP contribution is -2.16. The van der Waals surface area contributed by atoms with Crippen LogP contribution in [0, 0.1) is 0 Å². The van der Waals surface area contributed by atoms with Crippen LogP contribution in [0.2, 0.25) is 0 Å². The molecular formula is C12H11N3O2. The maximum absolute atomic E-state index is 11.2. The molecule has 1 aromatic heterocycles. The van der Waals surface area contributed by atoms with Crippen LogP contribution in [0.5, 0.6) is 0 Å². The number of carboxylic acids is 1. The molecule has 5 heteroatoms. The predicted molar refractivity (Wildman–Crippen MR) is 60.5 cm³/mol. The Hall–Kier alpha value is -2.17. The fourth-order valence-electron chi connectivity index (χ4n) is 2.23. The molecule has 1 aliphatic rings. The Morgan fingerprint density at radius 2 is 2.06 bits per heavy atom. The lowest BCUT2D eigenvalue weighted by atomic mass is 10.2. The highest BCUT2D eigenvalue weighted by molar-refractivity contribution is 5.74. The molecule has 0 saturated heterocycles. The van der Waals surface area contributed by atoms with Gasteiger partial charge in [-0.1, -0.05) is 30.3 Å². The van der Waals surface area contributed by atoms with Crippen LogP contribution in [0.25, 0.3) is 11.4 Å². The monoisotopic (exact) mass is 229 g/mol. The largest absolute Gasteiger partial charge is 0.480 e. The number of benzene rings is 1. The average Bonchev–Trinajstić information content (AvgIpc) is 2.90. The lowest BCUT2D eigenvalue weighted by molar-refractivity contribution is -0.140. The number of hydrogen-bond acceptors (Lipinski definition) is 3. The molecule has 1 atom stereocenters. The normalized spacial score (nSPS) is 18.0. The topological polar surface area (TPSA) is 68.0 Å². The maximum atomic E-state index is 11.2. The zero-order valence-corrected chi connectivity index (χ0v) is 9.08. The first kappa shape index (κ1) is 10.0. The zero-order valence-electron chi connectivity index (χ0n) is 9.08. The number of rotatable bonds is 2. The molecule has 86 valence electrons. The third-order valence-electron chi connectivity index (χ3n) is 3.04. The summed E-state index contributed by atoms with van der Waals surface area (Å²) in [6, 6.07) is 9.02. The number of nitrogens with zero attached hydrogens (tertiary/aromatic N) is 3. The van der Waals surface area contributed by atoms with Crippen LogP contribution in [0.3, 0.4) is 0 Å². The fraction of sp³-hybridized carbons (Fsp3) is 0.250. The van der Waals surface area contributed by atoms with Crippen molar-refractivity contribution < 1.29 is 9.90 Å². The molecule has 0 unspecified atom stereocenters. The van der Waals surface area contributed by atoms with Crippen molar-refractivity contribution in [2.75, 3.05) is 0 Å². The molecule has 5 nitrogen and oxygen atoms in total. The molecule has 1 N–H and O–H groups in total. The molecule has 3 rings (SSSR count). The first-order valence-electron chi connectivity index (χ1n) is 5.49. The van der Waals surface area contributed by atoms with E-state index in [1.54, 1.807) is 4.57 Å². The quantitative estimate of drug-likeness (QED) is 0.847. The Bertz CT molecular complexity index is 562. The SMILES string of the molecule is O=C(O)[C@@H]1CCc2nnc(-c3ccccc3)n21. The van der Waals surface area contributed by atoms with E-state index in [0.717, 1.165) is 11.4 Å². The smallest absolute Gasteiger partial charge is 0.326 e. The van der Waals surface area contributed by atoms with Gasteiger partial charge in [0, 0.05) is 12.0 Å². The summed E-state index contributed by atoms with van der Waals surface area (Å²) >= 11 is 0. The van der Waals surface area contributed by atoms with E-state index in [1.807, 2.05) is 30.3 Å². The van der Waals surface area contributed by atoms with Crippen LogP contribution in [0.1, 0.15) is 18.3 Å². The second kappa shape index (κ2) is 3.69. The summed E-state index contributed by atoms with van der Waals surface area (Å²) in [5, 5.41) is 17.3. The Morgan fingerprint density at radius 3 is 2.76 bits per heavy atom. The van der Waals surface area contributed by atoms with Gasteiger partial charge in [-0.3, -0.25) is 4.57 Å². The first-order chi connectivity index (χ1) is 8.27. The molecule has 2 heterocycles. The molecule has 0 radical (unpaired) electrons. The van der Waals surface area contributed by atoms with Crippen LogP contribution in [-0.4, -0.2) is 25.8 Å². The van der Waals surface area contributed by atoms with Gasteiger partial charge in [0.2, 0.25) is 0 Å². The summed E-state index contributed by atoms with van der Waals surface area (Å²) in [6.45, 7) is 0. The number of hydrogen-bond donors (Lipinski definition) is 1. The van der Waals surface area contributed by atoms with Gasteiger partial charge in [-0.15, -0.1) is 10.2 Å². The zero-order chi connectivity index (χ0) is 11.8. The van der Waals surface area contributed by atoms with Crippen molar-refractivity contribution >= 4 is 5.97 Å². The number of carboxylic acid groups (broad SMARTS) is 1. The summed E-state index contributed by atoms with van der Waals surface area (Å²) in [5.41, 5.74) is 0.902. The standard InChI is InChI=1S/C12H11N3O2/c16-12(17)9-6-7-10-13-14-11(15(9)10)8-4-2-1-3-5-8/h1-5,9H,6-7H2,(H,16,17)/t9-/m0/s1. The van der Waals surface area contributed by atoms with Crippen molar-refractivity contribution in [2.24, 2.45) is 0 Å². The van der Waals surface area contributed by atoms with E-state index in [0.29, 0.717) is 18.7 Å². The van der Waals surface area contributed by atoms with Crippen molar-refractivity contribution in [3.8, 4) is 11.4 Å². The van der Waals surface area contributed by atoms with Gasteiger partial charge < -0.3 is 5.11 Å². The Kier molecular flexibility index (Phi) is 2.18. The van der Waals surface area contributed by atoms with Gasteiger partial charge in [0.25, 0.3) is 0 Å². The van der Waals surface area contributed by atoms with E-state index in [2.05, 4.69) is 10.2 Å². The van der Waals surface area contributed by atoms with Crippen LogP contribution < -0.4 is 0 Å². The van der Waals surface area contributed by atoms with Crippen LogP contribution in [0.4, 0.5) is 0 Å². The molecule has 0 saturated carbocycles. The average molecular weight is 229 g/mol. The molecule has 0 aliphatic carbocycles. The van der Waals surface area contributed by atoms with Gasteiger partial charge in [-0.25, -0.2) is 4.79 Å². The molecule has 0 bridgehead atoms. The van der Waals surface area contributed by atoms with Crippen molar-refractivity contribution in [1.29, 1.82) is 0 Å². The highest BCUT2D eigenvalue weighted by Crippen LogP contribution is 2.30. The van der Waals surface area contributed by atoms with Crippen molar-refractivity contribution in [1.82, 2.24) is 14.8 Å².